The van der Waals surface area contributed by atoms with Crippen molar-refractivity contribution in [1.82, 2.24) is 5.32 Å². The molecule has 0 aliphatic carbocycles. The van der Waals surface area contributed by atoms with Crippen LogP contribution in [-0.2, 0) is 14.3 Å². The lowest BCUT2D eigenvalue weighted by molar-refractivity contribution is -0.302. The zero-order valence-corrected chi connectivity index (χ0v) is 41.5. The lowest BCUT2D eigenvalue weighted by Gasteiger charge is -2.40. The maximum Gasteiger partial charge on any atom is 0.220 e. The molecule has 1 amide bonds. The number of aliphatic hydroxyl groups excluding tert-OH is 5. The fourth-order valence-corrected chi connectivity index (χ4v) is 8.05. The average Bonchev–Trinajstić information content (AvgIpc) is 3.31. The Balaban J connectivity index is 2.31. The maximum absolute atomic E-state index is 13.0. The molecule has 1 aliphatic rings. The second-order valence-corrected chi connectivity index (χ2v) is 18.3. The van der Waals surface area contributed by atoms with E-state index in [0.29, 0.717) is 6.42 Å². The molecule has 0 saturated carbocycles. The van der Waals surface area contributed by atoms with Crippen LogP contribution >= 0.6 is 0 Å². The van der Waals surface area contributed by atoms with Crippen LogP contribution < -0.4 is 5.32 Å². The quantitative estimate of drug-likeness (QED) is 0.0261. The molecule has 7 unspecified atom stereocenters. The summed E-state index contributed by atoms with van der Waals surface area (Å²) in [6.07, 6.45) is 55.3. The van der Waals surface area contributed by atoms with Crippen molar-refractivity contribution in [2.24, 2.45) is 0 Å². The minimum Gasteiger partial charge on any atom is -0.394 e. The Morgan fingerprint density at radius 1 is 0.538 bits per heavy atom. The van der Waals surface area contributed by atoms with Gasteiger partial charge in [-0.3, -0.25) is 4.79 Å². The fraction of sp³-hybridized carbons (Fsp3) is 0.768. The molecule has 0 radical (unpaired) electrons. The summed E-state index contributed by atoms with van der Waals surface area (Å²) in [7, 11) is 0. The number of nitrogens with one attached hydrogen (secondary N) is 1. The SMILES string of the molecule is CC/C=C\C/C=C\C/C=C\C/C=C\CCCCCCCCC(=O)NC(COC1OC(CO)C(O)C(O)C1O)C(O)/C=C/CC/C=C/CCCCCCCCCCCCCCCCCCC. The van der Waals surface area contributed by atoms with Crippen molar-refractivity contribution in [3.05, 3.63) is 72.9 Å². The van der Waals surface area contributed by atoms with Gasteiger partial charge in [0.1, 0.15) is 24.4 Å². The van der Waals surface area contributed by atoms with Crippen molar-refractivity contribution < 1.29 is 39.8 Å². The molecule has 1 rings (SSSR count). The van der Waals surface area contributed by atoms with Crippen LogP contribution in [0.15, 0.2) is 72.9 Å². The molecule has 1 aliphatic heterocycles. The number of carbonyl (C=O) groups is 1. The molecule has 1 saturated heterocycles. The first-order chi connectivity index (χ1) is 31.8. The Hall–Kier alpha value is -2.37. The first kappa shape index (κ1) is 60.6. The standard InChI is InChI=1S/C56H99NO8/c1-3-5-7-9-11-13-15-17-19-21-23-24-25-26-28-29-31-33-35-37-39-41-43-45-50(59)49(48-64-56-55(63)54(62)53(61)51(47-58)65-56)57-52(60)46-44-42-40-38-36-34-32-30-27-22-20-18-16-14-12-10-8-6-4-2/h6,8,12,14,18,20,27,30,35,37,43,45,49-51,53-56,58-59,61-63H,3-5,7,9-11,13,15-17,19,21-26,28-29,31-34,36,38-42,44,46-48H2,1-2H3,(H,57,60)/b8-6-,14-12-,20-18-,30-27-,37-35+,45-43+. The average molecular weight is 914 g/mol. The molecule has 0 bridgehead atoms. The monoisotopic (exact) mass is 914 g/mol. The fourth-order valence-electron chi connectivity index (χ4n) is 8.05. The summed E-state index contributed by atoms with van der Waals surface area (Å²) in [5, 5.41) is 54.4. The van der Waals surface area contributed by atoms with E-state index in [9.17, 15) is 30.3 Å². The third-order valence-corrected chi connectivity index (χ3v) is 12.3. The van der Waals surface area contributed by atoms with Gasteiger partial charge >= 0.3 is 0 Å². The number of rotatable bonds is 44. The van der Waals surface area contributed by atoms with Gasteiger partial charge in [0.25, 0.3) is 0 Å². The Labute approximate surface area is 398 Å². The number of aliphatic hydroxyl groups is 5. The number of amides is 1. The second kappa shape index (κ2) is 45.4. The van der Waals surface area contributed by atoms with Gasteiger partial charge < -0.3 is 40.3 Å². The number of carbonyl (C=O) groups excluding carboxylic acids is 1. The lowest BCUT2D eigenvalue weighted by atomic mass is 9.99. The minimum absolute atomic E-state index is 0.202. The van der Waals surface area contributed by atoms with E-state index in [0.717, 1.165) is 89.9 Å². The maximum atomic E-state index is 13.0. The van der Waals surface area contributed by atoms with E-state index >= 15 is 0 Å². The van der Waals surface area contributed by atoms with Crippen molar-refractivity contribution >= 4 is 5.91 Å². The van der Waals surface area contributed by atoms with Gasteiger partial charge in [-0.2, -0.15) is 0 Å². The van der Waals surface area contributed by atoms with Crippen LogP contribution in [0.1, 0.15) is 219 Å². The molecule has 1 fully saturated rings. The Morgan fingerprint density at radius 2 is 0.969 bits per heavy atom. The Bertz CT molecular complexity index is 1240. The molecular weight excluding hydrogens is 815 g/mol. The number of allylic oxidation sites excluding steroid dienone is 11. The van der Waals surface area contributed by atoms with Crippen LogP contribution in [0.5, 0.6) is 0 Å². The highest BCUT2D eigenvalue weighted by atomic mass is 16.7. The smallest absolute Gasteiger partial charge is 0.220 e. The van der Waals surface area contributed by atoms with Crippen LogP contribution in [-0.4, -0.2) is 87.5 Å². The molecule has 65 heavy (non-hydrogen) atoms. The number of hydrogen-bond acceptors (Lipinski definition) is 8. The van der Waals surface area contributed by atoms with Crippen molar-refractivity contribution in [1.29, 1.82) is 0 Å². The molecule has 0 aromatic carbocycles. The summed E-state index contributed by atoms with van der Waals surface area (Å²) in [6, 6.07) is -0.834. The van der Waals surface area contributed by atoms with Crippen molar-refractivity contribution in [3.63, 3.8) is 0 Å². The van der Waals surface area contributed by atoms with E-state index in [2.05, 4.69) is 79.9 Å². The van der Waals surface area contributed by atoms with Gasteiger partial charge in [-0.1, -0.05) is 215 Å². The molecule has 376 valence electrons. The molecular formula is C56H99NO8. The highest BCUT2D eigenvalue weighted by Crippen LogP contribution is 2.23. The Kier molecular flexibility index (Phi) is 42.4. The van der Waals surface area contributed by atoms with Crippen molar-refractivity contribution in [2.75, 3.05) is 13.2 Å². The van der Waals surface area contributed by atoms with E-state index in [1.165, 1.54) is 109 Å². The van der Waals surface area contributed by atoms with Gasteiger partial charge in [0.2, 0.25) is 5.91 Å². The Morgan fingerprint density at radius 3 is 1.48 bits per heavy atom. The summed E-state index contributed by atoms with van der Waals surface area (Å²) in [5.74, 6) is -0.202. The predicted octanol–water partition coefficient (Wildman–Crippen LogP) is 12.5. The molecule has 7 atom stereocenters. The zero-order valence-electron chi connectivity index (χ0n) is 41.5. The first-order valence-electron chi connectivity index (χ1n) is 26.7. The largest absolute Gasteiger partial charge is 0.394 e. The van der Waals surface area contributed by atoms with Crippen LogP contribution in [0.25, 0.3) is 0 Å². The van der Waals surface area contributed by atoms with E-state index in [4.69, 9.17) is 9.47 Å². The van der Waals surface area contributed by atoms with Gasteiger partial charge in [-0.05, 0) is 70.6 Å². The van der Waals surface area contributed by atoms with E-state index in [1.54, 1.807) is 6.08 Å². The lowest BCUT2D eigenvalue weighted by Crippen LogP contribution is -2.60. The van der Waals surface area contributed by atoms with Crippen LogP contribution in [0.2, 0.25) is 0 Å². The predicted molar refractivity (Wildman–Crippen MR) is 272 cm³/mol. The highest BCUT2D eigenvalue weighted by molar-refractivity contribution is 5.76. The number of unbranched alkanes of at least 4 members (excludes halogenated alkanes) is 24. The van der Waals surface area contributed by atoms with Crippen LogP contribution in [0, 0.1) is 0 Å². The van der Waals surface area contributed by atoms with Crippen molar-refractivity contribution in [2.45, 2.75) is 262 Å². The first-order valence-corrected chi connectivity index (χ1v) is 26.7. The van der Waals surface area contributed by atoms with Crippen molar-refractivity contribution in [3.8, 4) is 0 Å². The summed E-state index contributed by atoms with van der Waals surface area (Å²) < 4.78 is 11.2. The number of hydrogen-bond donors (Lipinski definition) is 6. The summed E-state index contributed by atoms with van der Waals surface area (Å²) in [6.45, 7) is 3.65. The van der Waals surface area contributed by atoms with Gasteiger partial charge in [-0.15, -0.1) is 0 Å². The number of ether oxygens (including phenoxy) is 2. The topological polar surface area (TPSA) is 149 Å². The zero-order chi connectivity index (χ0) is 47.3. The molecule has 1 heterocycles. The van der Waals surface area contributed by atoms with Gasteiger partial charge in [0.15, 0.2) is 6.29 Å². The third kappa shape index (κ3) is 35.4. The van der Waals surface area contributed by atoms with Gasteiger partial charge in [0, 0.05) is 6.42 Å². The van der Waals surface area contributed by atoms with E-state index < -0.39 is 49.5 Å². The van der Waals surface area contributed by atoms with Gasteiger partial charge in [0.05, 0.1) is 25.4 Å². The van der Waals surface area contributed by atoms with E-state index in [1.807, 2.05) is 6.08 Å². The molecule has 0 spiro atoms. The second-order valence-electron chi connectivity index (χ2n) is 18.3. The highest BCUT2D eigenvalue weighted by Gasteiger charge is 2.44. The molecule has 0 aromatic heterocycles. The molecule has 9 nitrogen and oxygen atoms in total. The van der Waals surface area contributed by atoms with Gasteiger partial charge in [-0.25, -0.2) is 0 Å². The minimum atomic E-state index is -1.58. The summed E-state index contributed by atoms with van der Waals surface area (Å²) in [5.41, 5.74) is 0. The molecule has 6 N–H and O–H groups in total. The van der Waals surface area contributed by atoms with E-state index in [-0.39, 0.29) is 12.5 Å². The van der Waals surface area contributed by atoms with Crippen LogP contribution in [0.3, 0.4) is 0 Å². The van der Waals surface area contributed by atoms with Crippen LogP contribution in [0.4, 0.5) is 0 Å². The third-order valence-electron chi connectivity index (χ3n) is 12.3. The molecule has 0 aromatic rings. The molecule has 9 heteroatoms. The summed E-state index contributed by atoms with van der Waals surface area (Å²) >= 11 is 0. The normalized spacial score (nSPS) is 20.5. The summed E-state index contributed by atoms with van der Waals surface area (Å²) in [4.78, 5) is 13.0.